The van der Waals surface area contributed by atoms with Crippen molar-refractivity contribution < 1.29 is 13.9 Å². The number of hydrazine groups is 1. The highest BCUT2D eigenvalue weighted by atomic mass is 19.1. The predicted octanol–water partition coefficient (Wildman–Crippen LogP) is 1.67. The van der Waals surface area contributed by atoms with Crippen molar-refractivity contribution in [1.82, 2.24) is 35.5 Å². The molecule has 4 N–H and O–H groups in total. The van der Waals surface area contributed by atoms with Gasteiger partial charge in [0.1, 0.15) is 0 Å². The first kappa shape index (κ1) is 26.3. The van der Waals surface area contributed by atoms with E-state index < -0.39 is 11.4 Å². The van der Waals surface area contributed by atoms with Gasteiger partial charge in [-0.1, -0.05) is 0 Å². The van der Waals surface area contributed by atoms with Crippen molar-refractivity contribution >= 4 is 17.8 Å². The molecule has 1 aromatic rings. The molecule has 0 spiro atoms. The van der Waals surface area contributed by atoms with Crippen molar-refractivity contribution in [2.45, 2.75) is 83.3 Å². The number of aromatic nitrogens is 2. The van der Waals surface area contributed by atoms with E-state index in [1.54, 1.807) is 0 Å². The zero-order chi connectivity index (χ0) is 26.3. The molecule has 0 bridgehead atoms. The van der Waals surface area contributed by atoms with Crippen LogP contribution in [0.4, 0.5) is 21.0 Å². The van der Waals surface area contributed by atoms with Crippen molar-refractivity contribution in [2.24, 2.45) is 5.92 Å². The van der Waals surface area contributed by atoms with Crippen molar-refractivity contribution in [3.8, 4) is 0 Å². The molecule has 0 aromatic carbocycles. The maximum absolute atomic E-state index is 14.5. The second kappa shape index (κ2) is 10.5. The Bertz CT molecular complexity index is 975. The molecule has 0 saturated carbocycles. The number of hydrogen-bond donors (Lipinski definition) is 4. The van der Waals surface area contributed by atoms with E-state index in [4.69, 9.17) is 4.74 Å². The van der Waals surface area contributed by atoms with Gasteiger partial charge in [0.15, 0.2) is 11.6 Å². The molecule has 4 fully saturated rings. The standard InChI is InChI=1S/C25H42FN9O2/c1-6-27-23-28-11-19(26)22(30-23)29-21-18-14-35(25(4,5)20(18)31-32-21)24(36)34-13-15(2)33(12-16(34)3)17-7-9-37-10-8-17/h11,15-18,20-21,31-32H,6-10,12-14H2,1-5H3,(H2,27,28,29,30)/t15-,16+,18?,20?,21?/m1/s1. The Hall–Kier alpha value is -2.28. The number of nitrogens with one attached hydrogen (secondary N) is 4. The number of urea groups is 1. The number of hydrogen-bond acceptors (Lipinski definition) is 9. The number of anilines is 2. The van der Waals surface area contributed by atoms with Crippen LogP contribution in [0.5, 0.6) is 0 Å². The smallest absolute Gasteiger partial charge is 0.320 e. The number of nitrogens with zero attached hydrogens (tertiary/aromatic N) is 5. The fourth-order valence-corrected chi connectivity index (χ4v) is 6.54. The Kier molecular flexibility index (Phi) is 7.45. The van der Waals surface area contributed by atoms with Crippen LogP contribution in [-0.4, -0.2) is 106 Å². The number of amides is 2. The zero-order valence-corrected chi connectivity index (χ0v) is 22.6. The first-order valence-corrected chi connectivity index (χ1v) is 13.7. The second-order valence-corrected chi connectivity index (χ2v) is 11.4. The van der Waals surface area contributed by atoms with Crippen LogP contribution in [0, 0.1) is 11.7 Å². The summed E-state index contributed by atoms with van der Waals surface area (Å²) in [6.07, 6.45) is 3.00. The van der Waals surface area contributed by atoms with E-state index in [1.807, 2.05) is 16.7 Å². The number of carbonyl (C=O) groups is 1. The summed E-state index contributed by atoms with van der Waals surface area (Å²) < 4.78 is 20.1. The number of ether oxygens (including phenoxy) is 1. The van der Waals surface area contributed by atoms with Crippen LogP contribution < -0.4 is 21.5 Å². The summed E-state index contributed by atoms with van der Waals surface area (Å²) >= 11 is 0. The Morgan fingerprint density at radius 3 is 2.68 bits per heavy atom. The Labute approximate surface area is 218 Å². The van der Waals surface area contributed by atoms with E-state index in [-0.39, 0.29) is 36.0 Å². The molecule has 0 radical (unpaired) electrons. The Balaban J connectivity index is 1.27. The fraction of sp³-hybridized carbons (Fsp3) is 0.800. The van der Waals surface area contributed by atoms with Crippen molar-refractivity contribution in [3.05, 3.63) is 12.0 Å². The van der Waals surface area contributed by atoms with Gasteiger partial charge in [0.2, 0.25) is 5.95 Å². The molecule has 37 heavy (non-hydrogen) atoms. The maximum Gasteiger partial charge on any atom is 0.320 e. The van der Waals surface area contributed by atoms with Gasteiger partial charge in [0.05, 0.1) is 23.9 Å². The summed E-state index contributed by atoms with van der Waals surface area (Å²) in [7, 11) is 0. The van der Waals surface area contributed by atoms with Gasteiger partial charge in [-0.05, 0) is 47.5 Å². The van der Waals surface area contributed by atoms with Gasteiger partial charge < -0.3 is 25.2 Å². The Morgan fingerprint density at radius 1 is 1.19 bits per heavy atom. The van der Waals surface area contributed by atoms with Crippen molar-refractivity contribution in [1.29, 1.82) is 0 Å². The summed E-state index contributed by atoms with van der Waals surface area (Å²) in [5.41, 5.74) is 6.21. The average molecular weight is 520 g/mol. The lowest BCUT2D eigenvalue weighted by atomic mass is 9.90. The van der Waals surface area contributed by atoms with Crippen LogP contribution in [0.2, 0.25) is 0 Å². The lowest BCUT2D eigenvalue weighted by Gasteiger charge is -2.50. The number of fused-ring (bicyclic) bond motifs is 1. The highest BCUT2D eigenvalue weighted by Gasteiger charge is 2.56. The van der Waals surface area contributed by atoms with Crippen LogP contribution in [0.1, 0.15) is 47.5 Å². The number of carbonyl (C=O) groups excluding carboxylic acids is 1. The minimum Gasteiger partial charge on any atom is -0.381 e. The van der Waals surface area contributed by atoms with E-state index >= 15 is 0 Å². The van der Waals surface area contributed by atoms with E-state index in [1.165, 1.54) is 6.20 Å². The zero-order valence-electron chi connectivity index (χ0n) is 22.6. The average Bonchev–Trinajstić information content (AvgIpc) is 3.40. The molecule has 3 unspecified atom stereocenters. The van der Waals surface area contributed by atoms with Crippen LogP contribution in [0.15, 0.2) is 6.20 Å². The summed E-state index contributed by atoms with van der Waals surface area (Å²) in [6.45, 7) is 15.0. The highest BCUT2D eigenvalue weighted by Crippen LogP contribution is 2.39. The van der Waals surface area contributed by atoms with Crippen LogP contribution in [0.3, 0.4) is 0 Å². The van der Waals surface area contributed by atoms with Gasteiger partial charge in [-0.2, -0.15) is 4.98 Å². The molecule has 4 aliphatic rings. The molecule has 12 heteroatoms. The first-order chi connectivity index (χ1) is 17.7. The highest BCUT2D eigenvalue weighted by molar-refractivity contribution is 5.76. The predicted molar refractivity (Wildman–Crippen MR) is 139 cm³/mol. The largest absolute Gasteiger partial charge is 0.381 e. The van der Waals surface area contributed by atoms with Gasteiger partial charge in [0, 0.05) is 63.4 Å². The third kappa shape index (κ3) is 4.96. The normalized spacial score (nSPS) is 32.4. The summed E-state index contributed by atoms with van der Waals surface area (Å²) in [4.78, 5) is 28.9. The van der Waals surface area contributed by atoms with Crippen LogP contribution in [0.25, 0.3) is 0 Å². The third-order valence-electron chi connectivity index (χ3n) is 8.64. The molecule has 2 amide bonds. The number of rotatable bonds is 5. The molecule has 4 saturated heterocycles. The Morgan fingerprint density at radius 2 is 1.95 bits per heavy atom. The maximum atomic E-state index is 14.5. The lowest BCUT2D eigenvalue weighted by Crippen LogP contribution is -2.65. The first-order valence-electron chi connectivity index (χ1n) is 13.7. The van der Waals surface area contributed by atoms with Gasteiger partial charge in [-0.25, -0.2) is 19.6 Å². The van der Waals surface area contributed by atoms with Crippen LogP contribution in [-0.2, 0) is 4.74 Å². The second-order valence-electron chi connectivity index (χ2n) is 11.4. The van der Waals surface area contributed by atoms with Crippen molar-refractivity contribution in [3.63, 3.8) is 0 Å². The quantitative estimate of drug-likeness (QED) is 0.462. The van der Waals surface area contributed by atoms with Crippen molar-refractivity contribution in [2.75, 3.05) is 50.0 Å². The molecule has 5 rings (SSSR count). The molecule has 11 nitrogen and oxygen atoms in total. The molecule has 1 aromatic heterocycles. The van der Waals surface area contributed by atoms with Gasteiger partial charge in [-0.15, -0.1) is 0 Å². The molecule has 5 heterocycles. The van der Waals surface area contributed by atoms with E-state index in [0.29, 0.717) is 37.7 Å². The van der Waals surface area contributed by atoms with Gasteiger partial charge in [0.25, 0.3) is 0 Å². The fourth-order valence-electron chi connectivity index (χ4n) is 6.54. The molecule has 0 aliphatic carbocycles. The lowest BCUT2D eigenvalue weighted by molar-refractivity contribution is -0.0227. The topological polar surface area (TPSA) is 110 Å². The molecule has 5 atom stereocenters. The van der Waals surface area contributed by atoms with Crippen LogP contribution >= 0.6 is 0 Å². The summed E-state index contributed by atoms with van der Waals surface area (Å²) in [6, 6.07) is 1.04. The SMILES string of the molecule is CCNc1ncc(F)c(NC2NNC3C2CN(C(=O)N2C[C@@H](C)N(C4CCOCC4)C[C@@H]2C)C3(C)C)n1. The molecule has 206 valence electrons. The van der Waals surface area contributed by atoms with Gasteiger partial charge in [-0.3, -0.25) is 10.3 Å². The summed E-state index contributed by atoms with van der Waals surface area (Å²) in [5, 5.41) is 6.22. The summed E-state index contributed by atoms with van der Waals surface area (Å²) in [5.74, 6) is 0.0371. The molecular weight excluding hydrogens is 477 g/mol. The third-order valence-corrected chi connectivity index (χ3v) is 8.64. The van der Waals surface area contributed by atoms with E-state index in [0.717, 1.165) is 32.6 Å². The monoisotopic (exact) mass is 519 g/mol. The van der Waals surface area contributed by atoms with E-state index in [9.17, 15) is 9.18 Å². The molecular formula is C25H42FN9O2. The number of likely N-dealkylation sites (tertiary alicyclic amines) is 1. The minimum atomic E-state index is -0.512. The van der Waals surface area contributed by atoms with Gasteiger partial charge >= 0.3 is 6.03 Å². The number of piperazine rings is 1. The minimum absolute atomic E-state index is 0.00310. The number of halogens is 1. The molecule has 4 aliphatic heterocycles. The van der Waals surface area contributed by atoms with E-state index in [2.05, 4.69) is 64.0 Å².